The van der Waals surface area contributed by atoms with E-state index in [0.29, 0.717) is 24.3 Å². The highest BCUT2D eigenvalue weighted by atomic mass is 16.2. The van der Waals surface area contributed by atoms with Gasteiger partial charge in [-0.15, -0.1) is 0 Å². The van der Waals surface area contributed by atoms with Crippen molar-refractivity contribution in [2.24, 2.45) is 0 Å². The molecule has 1 N–H and O–H groups in total. The van der Waals surface area contributed by atoms with Crippen molar-refractivity contribution in [3.63, 3.8) is 0 Å². The summed E-state index contributed by atoms with van der Waals surface area (Å²) in [5.41, 5.74) is 4.15. The number of aryl methyl sites for hydroxylation is 1. The molecule has 0 bridgehead atoms. The maximum absolute atomic E-state index is 12.6. The maximum atomic E-state index is 12.6. The highest BCUT2D eigenvalue weighted by Gasteiger charge is 2.30. The van der Waals surface area contributed by atoms with E-state index in [1.54, 1.807) is 18.0 Å². The first kappa shape index (κ1) is 15.6. The van der Waals surface area contributed by atoms with E-state index in [1.807, 2.05) is 37.3 Å². The number of fused-ring (bicyclic) bond motifs is 1. The summed E-state index contributed by atoms with van der Waals surface area (Å²) >= 11 is 0. The largest absolute Gasteiger partial charge is 0.345 e. The van der Waals surface area contributed by atoms with Gasteiger partial charge >= 0.3 is 0 Å². The van der Waals surface area contributed by atoms with E-state index in [2.05, 4.69) is 5.10 Å². The third-order valence-corrected chi connectivity index (χ3v) is 4.89. The van der Waals surface area contributed by atoms with Crippen molar-refractivity contribution in [2.75, 3.05) is 13.6 Å². The van der Waals surface area contributed by atoms with Gasteiger partial charge in [0, 0.05) is 43.3 Å². The van der Waals surface area contributed by atoms with Gasteiger partial charge in [0.15, 0.2) is 5.65 Å². The Labute approximate surface area is 145 Å². The molecule has 3 heterocycles. The summed E-state index contributed by atoms with van der Waals surface area (Å²) in [7, 11) is 1.79. The second kappa shape index (κ2) is 5.88. The number of aromatic amines is 1. The fraction of sp³-hybridized carbons (Fsp3) is 0.316. The number of benzene rings is 1. The Kier molecular flexibility index (Phi) is 3.67. The number of likely N-dealkylation sites (N-methyl/N-ethyl adjacent to an activating group) is 1. The van der Waals surface area contributed by atoms with Gasteiger partial charge < -0.3 is 4.90 Å². The Bertz CT molecular complexity index is 1000. The predicted octanol–water partition coefficient (Wildman–Crippen LogP) is 2.20. The van der Waals surface area contributed by atoms with Crippen LogP contribution in [0.15, 0.2) is 41.2 Å². The van der Waals surface area contributed by atoms with Crippen molar-refractivity contribution in [3.8, 4) is 11.1 Å². The van der Waals surface area contributed by atoms with E-state index in [0.717, 1.165) is 23.2 Å². The number of amides is 1. The fourth-order valence-electron chi connectivity index (χ4n) is 3.54. The summed E-state index contributed by atoms with van der Waals surface area (Å²) in [5, 5.41) is 3.18. The van der Waals surface area contributed by atoms with Crippen LogP contribution in [0.25, 0.3) is 16.8 Å². The summed E-state index contributed by atoms with van der Waals surface area (Å²) in [6.07, 6.45) is 1.18. The number of H-pyrrole nitrogens is 1. The molecule has 1 saturated heterocycles. The Morgan fingerprint density at radius 1 is 1.24 bits per heavy atom. The monoisotopic (exact) mass is 336 g/mol. The van der Waals surface area contributed by atoms with Gasteiger partial charge in [-0.25, -0.2) is 9.50 Å². The minimum Gasteiger partial charge on any atom is -0.345 e. The van der Waals surface area contributed by atoms with Crippen molar-refractivity contribution >= 4 is 11.6 Å². The highest BCUT2D eigenvalue weighted by Crippen LogP contribution is 2.30. The molecule has 3 aromatic rings. The van der Waals surface area contributed by atoms with Crippen LogP contribution in [-0.4, -0.2) is 39.0 Å². The lowest BCUT2D eigenvalue weighted by Gasteiger charge is -2.10. The standard InChI is InChI=1S/C19H20N4O2/c1-3-14-18(12-7-5-4-6-8-12)19-20-15(10-17(25)23(19)21-14)13-9-16(24)22(2)11-13/h4-8,10,13,21H,3,9,11H2,1-2H3/t13-/m0/s1. The van der Waals surface area contributed by atoms with E-state index in [-0.39, 0.29) is 17.4 Å². The minimum atomic E-state index is -0.140. The molecule has 6 nitrogen and oxygen atoms in total. The van der Waals surface area contributed by atoms with Gasteiger partial charge in [-0.3, -0.25) is 14.7 Å². The van der Waals surface area contributed by atoms with Crippen LogP contribution < -0.4 is 5.56 Å². The number of nitrogens with zero attached hydrogens (tertiary/aromatic N) is 3. The van der Waals surface area contributed by atoms with Crippen LogP contribution in [0.3, 0.4) is 0 Å². The predicted molar refractivity (Wildman–Crippen MR) is 95.6 cm³/mol. The fourth-order valence-corrected chi connectivity index (χ4v) is 3.54. The molecular weight excluding hydrogens is 316 g/mol. The molecule has 1 aromatic carbocycles. The molecule has 1 atom stereocenters. The third-order valence-electron chi connectivity index (χ3n) is 4.89. The first-order chi connectivity index (χ1) is 12.1. The number of aromatic nitrogens is 3. The Morgan fingerprint density at radius 2 is 2.00 bits per heavy atom. The van der Waals surface area contributed by atoms with Crippen LogP contribution in [0.5, 0.6) is 0 Å². The molecular formula is C19H20N4O2. The van der Waals surface area contributed by atoms with Crippen LogP contribution in [0, 0.1) is 0 Å². The zero-order valence-electron chi connectivity index (χ0n) is 14.3. The maximum Gasteiger partial charge on any atom is 0.272 e. The average Bonchev–Trinajstić information content (AvgIpc) is 3.16. The van der Waals surface area contributed by atoms with Crippen molar-refractivity contribution in [1.82, 2.24) is 19.5 Å². The van der Waals surface area contributed by atoms with Gasteiger partial charge in [0.25, 0.3) is 5.56 Å². The van der Waals surface area contributed by atoms with Gasteiger partial charge in [0.1, 0.15) is 0 Å². The SMILES string of the molecule is CCc1[nH]n2c(=O)cc([C@H]3CC(=O)N(C)C3)nc2c1-c1ccccc1. The minimum absolute atomic E-state index is 0.0289. The third kappa shape index (κ3) is 2.54. The Morgan fingerprint density at radius 3 is 2.64 bits per heavy atom. The van der Waals surface area contributed by atoms with Crippen molar-refractivity contribution in [3.05, 3.63) is 58.1 Å². The molecule has 1 aliphatic rings. The Hall–Kier alpha value is -2.89. The van der Waals surface area contributed by atoms with Crippen LogP contribution in [0.2, 0.25) is 0 Å². The number of rotatable bonds is 3. The number of hydrogen-bond acceptors (Lipinski definition) is 3. The first-order valence-corrected chi connectivity index (χ1v) is 8.52. The van der Waals surface area contributed by atoms with Crippen molar-refractivity contribution in [2.45, 2.75) is 25.7 Å². The number of likely N-dealkylation sites (tertiary alicyclic amines) is 1. The van der Waals surface area contributed by atoms with E-state index in [9.17, 15) is 9.59 Å². The zero-order valence-corrected chi connectivity index (χ0v) is 14.3. The lowest BCUT2D eigenvalue weighted by molar-refractivity contribution is -0.126. The molecule has 128 valence electrons. The lowest BCUT2D eigenvalue weighted by atomic mass is 10.0. The summed E-state index contributed by atoms with van der Waals surface area (Å²) in [6, 6.07) is 11.5. The molecule has 1 aliphatic heterocycles. The van der Waals surface area contributed by atoms with Gasteiger partial charge in [-0.2, -0.15) is 0 Å². The topological polar surface area (TPSA) is 70.5 Å². The number of carbonyl (C=O) groups is 1. The van der Waals surface area contributed by atoms with Crippen molar-refractivity contribution < 1.29 is 4.79 Å². The van der Waals surface area contributed by atoms with Crippen molar-refractivity contribution in [1.29, 1.82) is 0 Å². The van der Waals surface area contributed by atoms with Crippen LogP contribution in [0.4, 0.5) is 0 Å². The molecule has 4 rings (SSSR count). The summed E-state index contributed by atoms with van der Waals surface area (Å²) in [6.45, 7) is 2.65. The van der Waals surface area contributed by atoms with E-state index in [4.69, 9.17) is 4.98 Å². The second-order valence-corrected chi connectivity index (χ2v) is 6.54. The molecule has 0 saturated carbocycles. The molecule has 0 spiro atoms. The van der Waals surface area contributed by atoms with Crippen LogP contribution in [-0.2, 0) is 11.2 Å². The zero-order chi connectivity index (χ0) is 17.6. The molecule has 25 heavy (non-hydrogen) atoms. The lowest BCUT2D eigenvalue weighted by Crippen LogP contribution is -2.20. The Balaban J connectivity index is 1.93. The van der Waals surface area contributed by atoms with Crippen LogP contribution >= 0.6 is 0 Å². The quantitative estimate of drug-likeness (QED) is 0.797. The van der Waals surface area contributed by atoms with Gasteiger partial charge in [-0.1, -0.05) is 37.3 Å². The molecule has 1 fully saturated rings. The smallest absolute Gasteiger partial charge is 0.272 e. The number of carbonyl (C=O) groups excluding carboxylic acids is 1. The van der Waals surface area contributed by atoms with Gasteiger partial charge in [0.2, 0.25) is 5.91 Å². The van der Waals surface area contributed by atoms with E-state index < -0.39 is 0 Å². The van der Waals surface area contributed by atoms with Gasteiger partial charge in [0.05, 0.1) is 5.69 Å². The normalized spacial score (nSPS) is 17.6. The highest BCUT2D eigenvalue weighted by molar-refractivity contribution is 5.81. The second-order valence-electron chi connectivity index (χ2n) is 6.54. The van der Waals surface area contributed by atoms with Crippen LogP contribution in [0.1, 0.15) is 30.7 Å². The summed E-state index contributed by atoms with van der Waals surface area (Å²) in [5.74, 6) is 0.0670. The van der Waals surface area contributed by atoms with Gasteiger partial charge in [-0.05, 0) is 12.0 Å². The molecule has 0 radical (unpaired) electrons. The molecule has 0 aliphatic carbocycles. The first-order valence-electron chi connectivity index (χ1n) is 8.52. The molecule has 2 aromatic heterocycles. The summed E-state index contributed by atoms with van der Waals surface area (Å²) in [4.78, 5) is 31.0. The molecule has 1 amide bonds. The number of nitrogens with one attached hydrogen (secondary N) is 1. The summed E-state index contributed by atoms with van der Waals surface area (Å²) < 4.78 is 1.51. The molecule has 6 heteroatoms. The van der Waals surface area contributed by atoms with E-state index >= 15 is 0 Å². The van der Waals surface area contributed by atoms with E-state index in [1.165, 1.54) is 4.52 Å². The molecule has 0 unspecified atom stereocenters. The average molecular weight is 336 g/mol. The number of hydrogen-bond donors (Lipinski definition) is 1.